The molecule has 0 spiro atoms. The molecule has 60 valence electrons. The summed E-state index contributed by atoms with van der Waals surface area (Å²) >= 11 is 4.45. The first-order chi connectivity index (χ1) is 4.83. The fraction of sp³-hybridized carbons (Fsp3) is 1.00. The van der Waals surface area contributed by atoms with E-state index in [0.29, 0.717) is 11.4 Å². The summed E-state index contributed by atoms with van der Waals surface area (Å²) in [6, 6.07) is 0. The van der Waals surface area contributed by atoms with E-state index in [-0.39, 0.29) is 0 Å². The summed E-state index contributed by atoms with van der Waals surface area (Å²) in [6.07, 6.45) is 6.72. The van der Waals surface area contributed by atoms with Gasteiger partial charge in [0.2, 0.25) is 0 Å². The van der Waals surface area contributed by atoms with Crippen LogP contribution in [0, 0.1) is 0 Å². The van der Waals surface area contributed by atoms with Crippen molar-refractivity contribution in [1.29, 1.82) is 0 Å². The molecule has 1 aliphatic rings. The second kappa shape index (κ2) is 4.24. The van der Waals surface area contributed by atoms with E-state index in [4.69, 9.17) is 4.74 Å². The van der Waals surface area contributed by atoms with Gasteiger partial charge in [0.15, 0.2) is 0 Å². The molecule has 10 heavy (non-hydrogen) atoms. The molecule has 1 fully saturated rings. The molecular weight excluding hydrogens is 144 g/mol. The molecule has 1 saturated carbocycles. The fourth-order valence-corrected chi connectivity index (χ4v) is 1.82. The van der Waals surface area contributed by atoms with Gasteiger partial charge in [0.05, 0.1) is 6.10 Å². The Hall–Kier alpha value is 0.310. The Kier molecular flexibility index (Phi) is 3.57. The van der Waals surface area contributed by atoms with E-state index in [1.54, 1.807) is 0 Å². The van der Waals surface area contributed by atoms with Crippen molar-refractivity contribution in [3.8, 4) is 0 Å². The van der Waals surface area contributed by atoms with Gasteiger partial charge in [-0.2, -0.15) is 12.6 Å². The van der Waals surface area contributed by atoms with Gasteiger partial charge in [-0.25, -0.2) is 0 Å². The first kappa shape index (κ1) is 8.41. The highest BCUT2D eigenvalue weighted by Gasteiger charge is 2.15. The molecule has 2 heteroatoms. The first-order valence-corrected chi connectivity index (χ1v) is 4.55. The molecular formula is C8H16OS. The van der Waals surface area contributed by atoms with Crippen LogP contribution in [0.1, 0.15) is 32.1 Å². The highest BCUT2D eigenvalue weighted by Crippen LogP contribution is 2.22. The van der Waals surface area contributed by atoms with Gasteiger partial charge in [-0.1, -0.05) is 0 Å². The van der Waals surface area contributed by atoms with Crippen LogP contribution in [-0.2, 0) is 4.74 Å². The number of thiol groups is 1. The molecule has 2 atom stereocenters. The molecule has 0 aromatic heterocycles. The highest BCUT2D eigenvalue weighted by molar-refractivity contribution is 7.80. The van der Waals surface area contributed by atoms with Crippen LogP contribution in [0.2, 0.25) is 0 Å². The predicted octanol–water partition coefficient (Wildman–Crippen LogP) is 2.26. The number of ether oxygens (including phenoxy) is 1. The van der Waals surface area contributed by atoms with Crippen molar-refractivity contribution in [2.75, 3.05) is 7.11 Å². The number of hydrogen-bond donors (Lipinski definition) is 1. The molecule has 1 aliphatic carbocycles. The summed E-state index contributed by atoms with van der Waals surface area (Å²) in [5.41, 5.74) is 0. The summed E-state index contributed by atoms with van der Waals surface area (Å²) in [5.74, 6) is 0. The van der Waals surface area contributed by atoms with E-state index in [0.717, 1.165) is 0 Å². The fourth-order valence-electron chi connectivity index (χ4n) is 1.48. The Morgan fingerprint density at radius 1 is 1.20 bits per heavy atom. The van der Waals surface area contributed by atoms with Gasteiger partial charge in [-0.3, -0.25) is 0 Å². The molecule has 0 aliphatic heterocycles. The molecule has 0 bridgehead atoms. The quantitative estimate of drug-likeness (QED) is 0.457. The monoisotopic (exact) mass is 160 g/mol. The maximum Gasteiger partial charge on any atom is 0.0571 e. The van der Waals surface area contributed by atoms with Crippen molar-refractivity contribution in [3.05, 3.63) is 0 Å². The zero-order chi connectivity index (χ0) is 7.40. The largest absolute Gasteiger partial charge is 0.381 e. The molecule has 0 heterocycles. The van der Waals surface area contributed by atoms with Crippen molar-refractivity contribution in [2.24, 2.45) is 0 Å². The van der Waals surface area contributed by atoms with Gasteiger partial charge in [0.1, 0.15) is 0 Å². The minimum Gasteiger partial charge on any atom is -0.381 e. The van der Waals surface area contributed by atoms with Crippen LogP contribution in [0.15, 0.2) is 0 Å². The van der Waals surface area contributed by atoms with Crippen LogP contribution < -0.4 is 0 Å². The minimum absolute atomic E-state index is 0.511. The molecule has 0 N–H and O–H groups in total. The van der Waals surface area contributed by atoms with E-state index in [9.17, 15) is 0 Å². The lowest BCUT2D eigenvalue weighted by molar-refractivity contribution is 0.0901. The normalized spacial score (nSPS) is 35.4. The number of methoxy groups -OCH3 is 1. The number of rotatable bonds is 1. The molecule has 0 saturated heterocycles. The van der Waals surface area contributed by atoms with Crippen LogP contribution >= 0.6 is 12.6 Å². The Labute approximate surface area is 68.6 Å². The van der Waals surface area contributed by atoms with Crippen molar-refractivity contribution in [3.63, 3.8) is 0 Å². The van der Waals surface area contributed by atoms with E-state index in [1.807, 2.05) is 7.11 Å². The molecule has 0 amide bonds. The first-order valence-electron chi connectivity index (χ1n) is 4.04. The van der Waals surface area contributed by atoms with Crippen LogP contribution in [0.4, 0.5) is 0 Å². The molecule has 0 aromatic rings. The molecule has 1 rings (SSSR count). The van der Waals surface area contributed by atoms with Gasteiger partial charge in [-0.05, 0) is 32.1 Å². The van der Waals surface area contributed by atoms with Crippen LogP contribution in [-0.4, -0.2) is 18.5 Å². The van der Waals surface area contributed by atoms with Gasteiger partial charge in [0.25, 0.3) is 0 Å². The van der Waals surface area contributed by atoms with Crippen LogP contribution in [0.5, 0.6) is 0 Å². The Morgan fingerprint density at radius 3 is 2.70 bits per heavy atom. The Bertz CT molecular complexity index is 95.3. The van der Waals surface area contributed by atoms with Gasteiger partial charge < -0.3 is 4.74 Å². The minimum atomic E-state index is 0.511. The maximum absolute atomic E-state index is 5.29. The zero-order valence-corrected chi connectivity index (χ0v) is 7.44. The second-order valence-corrected chi connectivity index (χ2v) is 3.75. The molecule has 0 aromatic carbocycles. The summed E-state index contributed by atoms with van der Waals surface area (Å²) in [4.78, 5) is 0. The van der Waals surface area contributed by atoms with Crippen molar-refractivity contribution < 1.29 is 4.74 Å². The van der Waals surface area contributed by atoms with Crippen molar-refractivity contribution >= 4 is 12.6 Å². The smallest absolute Gasteiger partial charge is 0.0571 e. The standard InChI is InChI=1S/C8H16OS/c1-9-7-3-2-4-8(10)6-5-7/h7-8,10H,2-6H2,1H3. The Balaban J connectivity index is 2.26. The molecule has 2 unspecified atom stereocenters. The lowest BCUT2D eigenvalue weighted by atomic mass is 10.2. The van der Waals surface area contributed by atoms with E-state index in [2.05, 4.69) is 12.6 Å². The van der Waals surface area contributed by atoms with Gasteiger partial charge in [-0.15, -0.1) is 0 Å². The lowest BCUT2D eigenvalue weighted by Crippen LogP contribution is -2.08. The third-order valence-electron chi connectivity index (χ3n) is 2.22. The van der Waals surface area contributed by atoms with Gasteiger partial charge in [0, 0.05) is 12.4 Å². The zero-order valence-electron chi connectivity index (χ0n) is 6.55. The van der Waals surface area contributed by atoms with Gasteiger partial charge >= 0.3 is 0 Å². The third-order valence-corrected chi connectivity index (χ3v) is 2.74. The average molecular weight is 160 g/mol. The summed E-state index contributed by atoms with van der Waals surface area (Å²) in [7, 11) is 1.81. The van der Waals surface area contributed by atoms with Crippen molar-refractivity contribution in [2.45, 2.75) is 43.5 Å². The van der Waals surface area contributed by atoms with E-state index < -0.39 is 0 Å². The summed E-state index contributed by atoms with van der Waals surface area (Å²) in [6.45, 7) is 0. The average Bonchev–Trinajstić information content (AvgIpc) is 2.14. The van der Waals surface area contributed by atoms with Crippen LogP contribution in [0.25, 0.3) is 0 Å². The highest BCUT2D eigenvalue weighted by atomic mass is 32.1. The van der Waals surface area contributed by atoms with Crippen molar-refractivity contribution in [1.82, 2.24) is 0 Å². The lowest BCUT2D eigenvalue weighted by Gasteiger charge is -2.10. The SMILES string of the molecule is COC1CCCC(S)CC1. The van der Waals surface area contributed by atoms with E-state index >= 15 is 0 Å². The molecule has 1 nitrogen and oxygen atoms in total. The topological polar surface area (TPSA) is 9.23 Å². The Morgan fingerprint density at radius 2 is 2.00 bits per heavy atom. The summed E-state index contributed by atoms with van der Waals surface area (Å²) in [5, 5.41) is 0.625. The maximum atomic E-state index is 5.29. The third kappa shape index (κ3) is 2.51. The predicted molar refractivity (Wildman–Crippen MR) is 46.7 cm³/mol. The molecule has 0 radical (unpaired) electrons. The summed E-state index contributed by atoms with van der Waals surface area (Å²) < 4.78 is 5.29. The van der Waals surface area contributed by atoms with E-state index in [1.165, 1.54) is 32.1 Å². The van der Waals surface area contributed by atoms with Crippen LogP contribution in [0.3, 0.4) is 0 Å². The number of hydrogen-bond acceptors (Lipinski definition) is 2. The second-order valence-electron chi connectivity index (χ2n) is 3.02.